The number of fused-ring (bicyclic) bond motifs is 2. The zero-order chi connectivity index (χ0) is 25.4. The van der Waals surface area contributed by atoms with E-state index in [2.05, 4.69) is 38.4 Å². The molecule has 0 atom stereocenters. The molecule has 6 aromatic rings. The summed E-state index contributed by atoms with van der Waals surface area (Å²) in [6.07, 6.45) is 3.62. The maximum Gasteiger partial charge on any atom is 0.127 e. The summed E-state index contributed by atoms with van der Waals surface area (Å²) < 4.78 is 20.4. The molecule has 0 saturated carbocycles. The van der Waals surface area contributed by atoms with Crippen LogP contribution in [0.1, 0.15) is 0 Å². The van der Waals surface area contributed by atoms with Crippen LogP contribution in [0.25, 0.3) is 55.4 Å². The van der Waals surface area contributed by atoms with Crippen LogP contribution in [0.15, 0.2) is 85.2 Å². The molecular formula is C30H26FN5O. The molecule has 0 spiro atoms. The molecule has 6 rings (SSSR count). The number of hydrogen-bond acceptors (Lipinski definition) is 4. The van der Waals surface area contributed by atoms with Gasteiger partial charge in [0.05, 0.1) is 11.2 Å². The Morgan fingerprint density at radius 1 is 0.865 bits per heavy atom. The van der Waals surface area contributed by atoms with Crippen molar-refractivity contribution in [2.75, 3.05) is 27.2 Å². The Morgan fingerprint density at radius 2 is 1.78 bits per heavy atom. The van der Waals surface area contributed by atoms with E-state index in [4.69, 9.17) is 4.74 Å². The molecule has 0 radical (unpaired) electrons. The molecule has 3 heterocycles. The Bertz CT molecular complexity index is 1700. The average molecular weight is 492 g/mol. The van der Waals surface area contributed by atoms with Crippen molar-refractivity contribution in [1.29, 1.82) is 0 Å². The third-order valence-corrected chi connectivity index (χ3v) is 6.47. The van der Waals surface area contributed by atoms with Gasteiger partial charge < -0.3 is 14.6 Å². The number of aromatic nitrogens is 4. The van der Waals surface area contributed by atoms with Gasteiger partial charge in [-0.15, -0.1) is 0 Å². The summed E-state index contributed by atoms with van der Waals surface area (Å²) in [7, 11) is 3.96. The molecule has 0 saturated heterocycles. The molecule has 7 heteroatoms. The number of aromatic amines is 2. The maximum absolute atomic E-state index is 14.6. The van der Waals surface area contributed by atoms with E-state index in [0.717, 1.165) is 62.0 Å². The first kappa shape index (κ1) is 22.9. The summed E-state index contributed by atoms with van der Waals surface area (Å²) in [4.78, 5) is 9.78. The van der Waals surface area contributed by atoms with Crippen LogP contribution in [0, 0.1) is 5.82 Å². The predicted octanol–water partition coefficient (Wildman–Crippen LogP) is 6.52. The summed E-state index contributed by atoms with van der Waals surface area (Å²) in [5.74, 6) is 0.192. The summed E-state index contributed by atoms with van der Waals surface area (Å²) in [6.45, 7) is 1.24. The van der Waals surface area contributed by atoms with Crippen molar-refractivity contribution >= 4 is 21.8 Å². The second-order valence-electron chi connectivity index (χ2n) is 9.35. The minimum Gasteiger partial charge on any atom is -0.492 e. The summed E-state index contributed by atoms with van der Waals surface area (Å²) >= 11 is 0. The van der Waals surface area contributed by atoms with E-state index in [1.54, 1.807) is 12.3 Å². The van der Waals surface area contributed by atoms with E-state index in [9.17, 15) is 4.39 Å². The molecule has 0 aliphatic carbocycles. The number of benzene rings is 3. The number of hydrogen-bond donors (Lipinski definition) is 2. The standard InChI is InChI=1S/C30H26FN5O/c1-36(2)11-12-37-23-14-21(13-22(31)16-23)24-6-3-7-27-25(24)17-29(33-27)30-26-15-19(8-9-28(26)34-35-30)20-5-4-10-32-18-20/h3-10,13-18,33H,11-12H2,1-2H3,(H,34,35). The van der Waals surface area contributed by atoms with Crippen LogP contribution in [0.4, 0.5) is 4.39 Å². The zero-order valence-electron chi connectivity index (χ0n) is 20.6. The quantitative estimate of drug-likeness (QED) is 0.267. The van der Waals surface area contributed by atoms with Crippen LogP contribution in [-0.4, -0.2) is 52.3 Å². The van der Waals surface area contributed by atoms with Gasteiger partial charge in [0.25, 0.3) is 0 Å². The normalized spacial score (nSPS) is 11.6. The van der Waals surface area contributed by atoms with Crippen LogP contribution in [0.5, 0.6) is 5.75 Å². The fourth-order valence-electron chi connectivity index (χ4n) is 4.61. The van der Waals surface area contributed by atoms with E-state index in [1.165, 1.54) is 6.07 Å². The number of halogens is 1. The van der Waals surface area contributed by atoms with Gasteiger partial charge in [-0.3, -0.25) is 10.1 Å². The van der Waals surface area contributed by atoms with Gasteiger partial charge >= 0.3 is 0 Å². The Balaban J connectivity index is 1.41. The molecule has 0 fully saturated rings. The Morgan fingerprint density at radius 3 is 2.62 bits per heavy atom. The second-order valence-corrected chi connectivity index (χ2v) is 9.35. The summed E-state index contributed by atoms with van der Waals surface area (Å²) in [5, 5.41) is 9.76. The van der Waals surface area contributed by atoms with Gasteiger partial charge in [-0.2, -0.15) is 5.10 Å². The molecule has 0 bridgehead atoms. The second kappa shape index (κ2) is 9.52. The number of pyridine rings is 1. The lowest BCUT2D eigenvalue weighted by atomic mass is 10.0. The van der Waals surface area contributed by atoms with Crippen molar-refractivity contribution < 1.29 is 9.13 Å². The topological polar surface area (TPSA) is 69.8 Å². The number of ether oxygens (including phenoxy) is 1. The van der Waals surface area contributed by atoms with Crippen LogP contribution < -0.4 is 4.74 Å². The molecule has 2 N–H and O–H groups in total. The largest absolute Gasteiger partial charge is 0.492 e. The average Bonchev–Trinajstić information content (AvgIpc) is 3.52. The molecule has 0 amide bonds. The van der Waals surface area contributed by atoms with Crippen molar-refractivity contribution in [3.05, 3.63) is 91.0 Å². The SMILES string of the molecule is CN(C)CCOc1cc(F)cc(-c2cccc3[nH]c(-c4n[nH]c5ccc(-c6cccnc6)cc45)cc23)c1. The monoisotopic (exact) mass is 491 g/mol. The van der Waals surface area contributed by atoms with Gasteiger partial charge in [-0.25, -0.2) is 4.39 Å². The molecule has 37 heavy (non-hydrogen) atoms. The molecule has 0 aliphatic heterocycles. The highest BCUT2D eigenvalue weighted by molar-refractivity contribution is 6.02. The number of nitrogens with one attached hydrogen (secondary N) is 2. The lowest BCUT2D eigenvalue weighted by molar-refractivity contribution is 0.260. The third kappa shape index (κ3) is 4.57. The highest BCUT2D eigenvalue weighted by Crippen LogP contribution is 2.36. The van der Waals surface area contributed by atoms with E-state index in [0.29, 0.717) is 12.4 Å². The summed E-state index contributed by atoms with van der Waals surface area (Å²) in [5.41, 5.74) is 7.42. The number of H-pyrrole nitrogens is 2. The lowest BCUT2D eigenvalue weighted by Crippen LogP contribution is -2.19. The fraction of sp³-hybridized carbons (Fsp3) is 0.133. The van der Waals surface area contributed by atoms with Gasteiger partial charge in [0.15, 0.2) is 0 Å². The van der Waals surface area contributed by atoms with E-state index in [1.807, 2.05) is 67.7 Å². The van der Waals surface area contributed by atoms with Crippen LogP contribution in [-0.2, 0) is 0 Å². The van der Waals surface area contributed by atoms with E-state index < -0.39 is 0 Å². The molecule has 184 valence electrons. The minimum absolute atomic E-state index is 0.327. The van der Waals surface area contributed by atoms with Gasteiger partial charge in [0.2, 0.25) is 0 Å². The first-order valence-corrected chi connectivity index (χ1v) is 12.1. The summed E-state index contributed by atoms with van der Waals surface area (Å²) in [6, 6.07) is 23.1. The highest BCUT2D eigenvalue weighted by Gasteiger charge is 2.15. The van der Waals surface area contributed by atoms with Crippen molar-refractivity contribution in [3.8, 4) is 39.4 Å². The van der Waals surface area contributed by atoms with Crippen molar-refractivity contribution in [2.24, 2.45) is 0 Å². The smallest absolute Gasteiger partial charge is 0.127 e. The fourth-order valence-corrected chi connectivity index (χ4v) is 4.61. The molecule has 0 aliphatic rings. The molecule has 3 aromatic carbocycles. The van der Waals surface area contributed by atoms with E-state index in [-0.39, 0.29) is 5.82 Å². The van der Waals surface area contributed by atoms with Gasteiger partial charge in [-0.1, -0.05) is 24.3 Å². The highest BCUT2D eigenvalue weighted by atomic mass is 19.1. The minimum atomic E-state index is -0.327. The third-order valence-electron chi connectivity index (χ3n) is 6.47. The number of rotatable bonds is 7. The predicted molar refractivity (Wildman–Crippen MR) is 146 cm³/mol. The van der Waals surface area contributed by atoms with Gasteiger partial charge in [-0.05, 0) is 73.3 Å². The molecule has 3 aromatic heterocycles. The Labute approximate surface area is 213 Å². The van der Waals surface area contributed by atoms with Crippen LogP contribution in [0.2, 0.25) is 0 Å². The van der Waals surface area contributed by atoms with Gasteiger partial charge in [0.1, 0.15) is 23.9 Å². The van der Waals surface area contributed by atoms with Crippen LogP contribution in [0.3, 0.4) is 0 Å². The Hall–Kier alpha value is -4.49. The van der Waals surface area contributed by atoms with Crippen molar-refractivity contribution in [2.45, 2.75) is 0 Å². The first-order valence-electron chi connectivity index (χ1n) is 12.1. The first-order chi connectivity index (χ1) is 18.0. The van der Waals surface area contributed by atoms with Crippen molar-refractivity contribution in [3.63, 3.8) is 0 Å². The van der Waals surface area contributed by atoms with Crippen LogP contribution >= 0.6 is 0 Å². The lowest BCUT2D eigenvalue weighted by Gasteiger charge is -2.12. The maximum atomic E-state index is 14.6. The number of likely N-dealkylation sites (N-methyl/N-ethyl adjacent to an activating group) is 1. The van der Waals surface area contributed by atoms with Gasteiger partial charge in [0, 0.05) is 46.9 Å². The Kier molecular flexibility index (Phi) is 5.90. The molecular weight excluding hydrogens is 465 g/mol. The molecule has 6 nitrogen and oxygen atoms in total. The zero-order valence-corrected chi connectivity index (χ0v) is 20.6. The number of nitrogens with zero attached hydrogens (tertiary/aromatic N) is 3. The van der Waals surface area contributed by atoms with Crippen molar-refractivity contribution in [1.82, 2.24) is 25.1 Å². The molecule has 0 unspecified atom stereocenters. The van der Waals surface area contributed by atoms with E-state index >= 15 is 0 Å².